The first kappa shape index (κ1) is 15.5. The molecule has 0 saturated carbocycles. The molecule has 23 heavy (non-hydrogen) atoms. The Morgan fingerprint density at radius 3 is 2.22 bits per heavy atom. The van der Waals surface area contributed by atoms with Crippen molar-refractivity contribution in [2.45, 2.75) is 0 Å². The van der Waals surface area contributed by atoms with Crippen LogP contribution in [0.4, 0.5) is 0 Å². The number of rotatable bonds is 2. The van der Waals surface area contributed by atoms with Gasteiger partial charge in [-0.1, -0.05) is 51.8 Å². The van der Waals surface area contributed by atoms with Crippen molar-refractivity contribution in [3.05, 3.63) is 80.0 Å². The van der Waals surface area contributed by atoms with Crippen LogP contribution in [0, 0.1) is 11.3 Å². The van der Waals surface area contributed by atoms with Gasteiger partial charge in [0.25, 0.3) is 5.56 Å². The van der Waals surface area contributed by atoms with Gasteiger partial charge in [-0.25, -0.2) is 0 Å². The number of nitrogens with one attached hydrogen (secondary N) is 1. The van der Waals surface area contributed by atoms with Gasteiger partial charge in [-0.15, -0.1) is 0 Å². The van der Waals surface area contributed by atoms with E-state index in [9.17, 15) is 10.1 Å². The summed E-state index contributed by atoms with van der Waals surface area (Å²) in [6, 6.07) is 18.4. The molecule has 0 aliphatic rings. The summed E-state index contributed by atoms with van der Waals surface area (Å²) in [5.41, 5.74) is 2.57. The summed E-state index contributed by atoms with van der Waals surface area (Å²) in [5, 5.41) is 9.91. The van der Waals surface area contributed by atoms with E-state index in [0.29, 0.717) is 16.3 Å². The fourth-order valence-electron chi connectivity index (χ4n) is 2.31. The number of benzene rings is 2. The Labute approximate surface area is 146 Å². The number of hydrogen-bond donors (Lipinski definition) is 1. The quantitative estimate of drug-likeness (QED) is 0.675. The zero-order chi connectivity index (χ0) is 16.4. The van der Waals surface area contributed by atoms with Crippen LogP contribution in [0.25, 0.3) is 22.4 Å². The highest BCUT2D eigenvalue weighted by Gasteiger charge is 2.12. The third-order valence-corrected chi connectivity index (χ3v) is 4.24. The van der Waals surface area contributed by atoms with Crippen molar-refractivity contribution in [3.8, 4) is 28.5 Å². The van der Waals surface area contributed by atoms with Gasteiger partial charge in [-0.3, -0.25) is 4.79 Å². The average Bonchev–Trinajstić information content (AvgIpc) is 2.55. The molecule has 0 aliphatic carbocycles. The lowest BCUT2D eigenvalue weighted by atomic mass is 9.99. The van der Waals surface area contributed by atoms with Crippen molar-refractivity contribution in [1.29, 1.82) is 5.26 Å². The number of hydrogen-bond acceptors (Lipinski definition) is 2. The summed E-state index contributed by atoms with van der Waals surface area (Å²) >= 11 is 9.29. The van der Waals surface area contributed by atoms with Crippen molar-refractivity contribution in [2.75, 3.05) is 0 Å². The Balaban J connectivity index is 2.22. The minimum atomic E-state index is -0.405. The number of nitrogens with zero attached hydrogens (tertiary/aromatic N) is 1. The van der Waals surface area contributed by atoms with Crippen molar-refractivity contribution >= 4 is 27.5 Å². The van der Waals surface area contributed by atoms with Gasteiger partial charge >= 0.3 is 0 Å². The second-order valence-electron chi connectivity index (χ2n) is 4.93. The number of H-pyrrole nitrogens is 1. The molecular formula is C18H10BrClN2O. The van der Waals surface area contributed by atoms with E-state index >= 15 is 0 Å². The summed E-state index contributed by atoms with van der Waals surface area (Å²) < 4.78 is 0.954. The van der Waals surface area contributed by atoms with Crippen LogP contribution in [-0.4, -0.2) is 4.98 Å². The van der Waals surface area contributed by atoms with E-state index in [4.69, 9.17) is 11.6 Å². The first-order valence-corrected chi connectivity index (χ1v) is 7.95. The van der Waals surface area contributed by atoms with Gasteiger partial charge in [0, 0.05) is 20.8 Å². The highest BCUT2D eigenvalue weighted by molar-refractivity contribution is 9.10. The van der Waals surface area contributed by atoms with Gasteiger partial charge in [0.15, 0.2) is 0 Å². The normalized spacial score (nSPS) is 10.3. The largest absolute Gasteiger partial charge is 0.321 e. The SMILES string of the molecule is N#Cc1c(-c2ccc(Cl)cc2)cc(-c2ccc(Br)cc2)[nH]c1=O. The Morgan fingerprint density at radius 1 is 1.00 bits per heavy atom. The molecular weight excluding hydrogens is 376 g/mol. The fraction of sp³-hybridized carbons (Fsp3) is 0. The Hall–Kier alpha value is -2.35. The maximum absolute atomic E-state index is 12.3. The van der Waals surface area contributed by atoms with Gasteiger partial charge in [0.05, 0.1) is 0 Å². The maximum Gasteiger partial charge on any atom is 0.266 e. The molecule has 0 unspecified atom stereocenters. The van der Waals surface area contributed by atoms with E-state index in [-0.39, 0.29) is 5.56 Å². The van der Waals surface area contributed by atoms with E-state index in [0.717, 1.165) is 15.6 Å². The second kappa shape index (κ2) is 6.41. The average molecular weight is 386 g/mol. The molecule has 3 rings (SSSR count). The van der Waals surface area contributed by atoms with Crippen molar-refractivity contribution in [3.63, 3.8) is 0 Å². The van der Waals surface area contributed by atoms with Crippen LogP contribution in [0.15, 0.2) is 63.9 Å². The monoisotopic (exact) mass is 384 g/mol. The summed E-state index contributed by atoms with van der Waals surface area (Å²) in [6.07, 6.45) is 0. The van der Waals surface area contributed by atoms with Crippen LogP contribution in [0.1, 0.15) is 5.56 Å². The van der Waals surface area contributed by atoms with Crippen LogP contribution in [0.5, 0.6) is 0 Å². The van der Waals surface area contributed by atoms with E-state index in [2.05, 4.69) is 20.9 Å². The number of halogens is 2. The Bertz CT molecular complexity index is 954. The second-order valence-corrected chi connectivity index (χ2v) is 6.28. The first-order valence-electron chi connectivity index (χ1n) is 6.78. The molecule has 0 saturated heterocycles. The van der Waals surface area contributed by atoms with Crippen molar-refractivity contribution in [1.82, 2.24) is 4.98 Å². The zero-order valence-corrected chi connectivity index (χ0v) is 14.1. The highest BCUT2D eigenvalue weighted by atomic mass is 79.9. The van der Waals surface area contributed by atoms with Gasteiger partial charge in [-0.2, -0.15) is 5.26 Å². The van der Waals surface area contributed by atoms with Crippen molar-refractivity contribution < 1.29 is 0 Å². The molecule has 0 aliphatic heterocycles. The summed E-state index contributed by atoms with van der Waals surface area (Å²) in [6.45, 7) is 0. The predicted octanol–water partition coefficient (Wildman–Crippen LogP) is 5.00. The molecule has 3 aromatic rings. The topological polar surface area (TPSA) is 56.6 Å². The molecule has 112 valence electrons. The Kier molecular flexibility index (Phi) is 4.33. The molecule has 5 heteroatoms. The van der Waals surface area contributed by atoms with Gasteiger partial charge in [-0.05, 0) is 41.5 Å². The number of pyridine rings is 1. The minimum Gasteiger partial charge on any atom is -0.321 e. The van der Waals surface area contributed by atoms with Crippen LogP contribution < -0.4 is 5.56 Å². The molecule has 0 atom stereocenters. The third-order valence-electron chi connectivity index (χ3n) is 3.46. The standard InChI is InChI=1S/C18H10BrClN2O/c19-13-5-1-12(2-6-13)17-9-15(16(10-21)18(23)22-17)11-3-7-14(20)8-4-11/h1-9H,(H,22,23). The third kappa shape index (κ3) is 3.21. The molecule has 0 amide bonds. The lowest BCUT2D eigenvalue weighted by molar-refractivity contribution is 1.22. The van der Waals surface area contributed by atoms with Crippen LogP contribution in [0.2, 0.25) is 5.02 Å². The first-order chi connectivity index (χ1) is 11.1. The molecule has 2 aromatic carbocycles. The molecule has 0 radical (unpaired) electrons. The predicted molar refractivity (Wildman–Crippen MR) is 95.4 cm³/mol. The number of aromatic amines is 1. The fourth-order valence-corrected chi connectivity index (χ4v) is 2.70. The van der Waals surface area contributed by atoms with Crippen LogP contribution in [0.3, 0.4) is 0 Å². The van der Waals surface area contributed by atoms with E-state index in [1.807, 2.05) is 36.4 Å². The molecule has 3 nitrogen and oxygen atoms in total. The molecule has 0 bridgehead atoms. The smallest absolute Gasteiger partial charge is 0.266 e. The highest BCUT2D eigenvalue weighted by Crippen LogP contribution is 2.27. The minimum absolute atomic E-state index is 0.0909. The number of nitriles is 1. The van der Waals surface area contributed by atoms with Gasteiger partial charge in [0.1, 0.15) is 11.6 Å². The van der Waals surface area contributed by atoms with E-state index < -0.39 is 5.56 Å². The Morgan fingerprint density at radius 2 is 1.61 bits per heavy atom. The number of aromatic nitrogens is 1. The summed E-state index contributed by atoms with van der Waals surface area (Å²) in [5.74, 6) is 0. The molecule has 1 heterocycles. The lowest BCUT2D eigenvalue weighted by Gasteiger charge is -2.08. The van der Waals surface area contributed by atoms with Crippen molar-refractivity contribution in [2.24, 2.45) is 0 Å². The summed E-state index contributed by atoms with van der Waals surface area (Å²) in [7, 11) is 0. The van der Waals surface area contributed by atoms with Crippen LogP contribution in [-0.2, 0) is 0 Å². The maximum atomic E-state index is 12.3. The molecule has 0 spiro atoms. The summed E-state index contributed by atoms with van der Waals surface area (Å²) in [4.78, 5) is 15.0. The molecule has 1 aromatic heterocycles. The zero-order valence-electron chi connectivity index (χ0n) is 11.8. The molecule has 1 N–H and O–H groups in total. The lowest BCUT2D eigenvalue weighted by Crippen LogP contribution is -2.12. The van der Waals surface area contributed by atoms with E-state index in [1.165, 1.54) is 0 Å². The van der Waals surface area contributed by atoms with E-state index in [1.54, 1.807) is 24.3 Å². The van der Waals surface area contributed by atoms with Gasteiger partial charge < -0.3 is 4.98 Å². The molecule has 0 fully saturated rings. The van der Waals surface area contributed by atoms with Crippen LogP contribution >= 0.6 is 27.5 Å². The van der Waals surface area contributed by atoms with Gasteiger partial charge in [0.2, 0.25) is 0 Å².